The average molecular weight is 257 g/mol. The van der Waals surface area contributed by atoms with E-state index in [1.165, 1.54) is 0 Å². The highest BCUT2D eigenvalue weighted by Gasteiger charge is 2.30. The lowest BCUT2D eigenvalue weighted by Crippen LogP contribution is -2.48. The van der Waals surface area contributed by atoms with Crippen LogP contribution < -0.4 is 5.32 Å². The van der Waals surface area contributed by atoms with Crippen LogP contribution in [-0.4, -0.2) is 45.1 Å². The van der Waals surface area contributed by atoms with E-state index in [0.717, 1.165) is 5.69 Å². The summed E-state index contributed by atoms with van der Waals surface area (Å²) >= 11 is 0. The monoisotopic (exact) mass is 257 g/mol. The SMILES string of the molecule is CO[Si](C)(CNC(=O)c1c(C)n[nH]c1C)OC. The van der Waals surface area contributed by atoms with Crippen LogP contribution in [0.5, 0.6) is 0 Å². The Morgan fingerprint density at radius 1 is 1.41 bits per heavy atom. The predicted octanol–water partition coefficient (Wildman–Crippen LogP) is 0.660. The Morgan fingerprint density at radius 2 is 2.00 bits per heavy atom. The quantitative estimate of drug-likeness (QED) is 0.760. The summed E-state index contributed by atoms with van der Waals surface area (Å²) in [5.74, 6) is -0.151. The van der Waals surface area contributed by atoms with Crippen LogP contribution in [0.4, 0.5) is 0 Å². The molecule has 0 fully saturated rings. The Bertz CT molecular complexity index is 382. The van der Waals surface area contributed by atoms with Gasteiger partial charge >= 0.3 is 8.56 Å². The minimum atomic E-state index is -2.27. The normalized spacial score (nSPS) is 11.6. The number of amides is 1. The van der Waals surface area contributed by atoms with Crippen LogP contribution in [0.1, 0.15) is 21.7 Å². The van der Waals surface area contributed by atoms with Gasteiger partial charge in [-0.25, -0.2) is 0 Å². The molecule has 0 saturated carbocycles. The molecule has 0 atom stereocenters. The van der Waals surface area contributed by atoms with Crippen molar-refractivity contribution in [1.82, 2.24) is 15.5 Å². The molecule has 0 bridgehead atoms. The van der Waals surface area contributed by atoms with Crippen molar-refractivity contribution >= 4 is 14.5 Å². The number of carbonyl (C=O) groups is 1. The molecule has 17 heavy (non-hydrogen) atoms. The first-order chi connectivity index (χ1) is 7.93. The largest absolute Gasteiger partial charge is 0.397 e. The van der Waals surface area contributed by atoms with Gasteiger partial charge in [-0.1, -0.05) is 0 Å². The van der Waals surface area contributed by atoms with Crippen molar-refractivity contribution in [3.63, 3.8) is 0 Å². The van der Waals surface area contributed by atoms with Crippen LogP contribution in [0.15, 0.2) is 0 Å². The highest BCUT2D eigenvalue weighted by atomic mass is 28.4. The van der Waals surface area contributed by atoms with E-state index in [1.807, 2.05) is 13.5 Å². The third-order valence-corrected chi connectivity index (χ3v) is 5.34. The lowest BCUT2D eigenvalue weighted by atomic mass is 10.2. The molecule has 1 rings (SSSR count). The zero-order valence-electron chi connectivity index (χ0n) is 10.9. The molecule has 0 aromatic carbocycles. The second-order valence-corrected chi connectivity index (χ2v) is 7.47. The van der Waals surface area contributed by atoms with Gasteiger partial charge in [-0.3, -0.25) is 9.89 Å². The highest BCUT2D eigenvalue weighted by molar-refractivity contribution is 6.66. The zero-order chi connectivity index (χ0) is 13.1. The summed E-state index contributed by atoms with van der Waals surface area (Å²) < 4.78 is 10.6. The predicted molar refractivity (Wildman–Crippen MR) is 66.0 cm³/mol. The number of carbonyl (C=O) groups excluding carboxylic acids is 1. The smallest absolute Gasteiger partial charge is 0.354 e. The molecule has 96 valence electrons. The van der Waals surface area contributed by atoms with Crippen molar-refractivity contribution in [2.75, 3.05) is 20.4 Å². The number of hydrogen-bond donors (Lipinski definition) is 2. The summed E-state index contributed by atoms with van der Waals surface area (Å²) in [5.41, 5.74) is 2.05. The molecule has 0 radical (unpaired) electrons. The maximum absolute atomic E-state index is 12.0. The van der Waals surface area contributed by atoms with Crippen molar-refractivity contribution in [2.45, 2.75) is 20.4 Å². The molecule has 1 aromatic rings. The number of rotatable bonds is 5. The lowest BCUT2D eigenvalue weighted by Gasteiger charge is -2.22. The second kappa shape index (κ2) is 5.43. The molecule has 6 nitrogen and oxygen atoms in total. The van der Waals surface area contributed by atoms with Gasteiger partial charge in [-0.2, -0.15) is 5.10 Å². The van der Waals surface area contributed by atoms with Crippen molar-refractivity contribution < 1.29 is 13.6 Å². The van der Waals surface area contributed by atoms with Crippen LogP contribution in [0.25, 0.3) is 0 Å². The van der Waals surface area contributed by atoms with Gasteiger partial charge < -0.3 is 14.2 Å². The number of aryl methyl sites for hydroxylation is 2. The fraction of sp³-hybridized carbons (Fsp3) is 0.600. The molecule has 0 aliphatic carbocycles. The van der Waals surface area contributed by atoms with Gasteiger partial charge in [0, 0.05) is 19.9 Å². The first-order valence-corrected chi connectivity index (χ1v) is 7.86. The molecule has 1 heterocycles. The van der Waals surface area contributed by atoms with Crippen molar-refractivity contribution in [2.24, 2.45) is 0 Å². The maximum atomic E-state index is 12.0. The van der Waals surface area contributed by atoms with Crippen molar-refractivity contribution in [3.8, 4) is 0 Å². The van der Waals surface area contributed by atoms with Crippen molar-refractivity contribution in [3.05, 3.63) is 17.0 Å². The minimum absolute atomic E-state index is 0.151. The summed E-state index contributed by atoms with van der Waals surface area (Å²) in [6, 6.07) is 0. The summed E-state index contributed by atoms with van der Waals surface area (Å²) in [6.45, 7) is 5.50. The summed E-state index contributed by atoms with van der Waals surface area (Å²) in [4.78, 5) is 12.0. The number of nitrogens with one attached hydrogen (secondary N) is 2. The fourth-order valence-corrected chi connectivity index (χ4v) is 2.38. The van der Waals surface area contributed by atoms with Crippen LogP contribution in [0.2, 0.25) is 6.55 Å². The zero-order valence-corrected chi connectivity index (χ0v) is 11.9. The summed E-state index contributed by atoms with van der Waals surface area (Å²) in [5, 5.41) is 9.59. The second-order valence-electron chi connectivity index (χ2n) is 4.03. The molecule has 1 amide bonds. The number of hydrogen-bond acceptors (Lipinski definition) is 4. The number of nitrogens with zero attached hydrogens (tertiary/aromatic N) is 1. The number of H-pyrrole nitrogens is 1. The van der Waals surface area contributed by atoms with Gasteiger partial charge in [-0.15, -0.1) is 0 Å². The molecule has 2 N–H and O–H groups in total. The van der Waals surface area contributed by atoms with Crippen LogP contribution in [0.3, 0.4) is 0 Å². The molecule has 0 aliphatic heterocycles. The van der Waals surface area contributed by atoms with Crippen LogP contribution >= 0.6 is 0 Å². The number of aromatic amines is 1. The van der Waals surface area contributed by atoms with Gasteiger partial charge in [-0.05, 0) is 20.4 Å². The van der Waals surface area contributed by atoms with Gasteiger partial charge in [0.25, 0.3) is 5.91 Å². The summed E-state index contributed by atoms with van der Waals surface area (Å²) in [6.07, 6.45) is 0.406. The number of aromatic nitrogens is 2. The van der Waals surface area contributed by atoms with Gasteiger partial charge in [0.1, 0.15) is 0 Å². The van der Waals surface area contributed by atoms with E-state index >= 15 is 0 Å². The third kappa shape index (κ3) is 3.15. The molecule has 0 spiro atoms. The average Bonchev–Trinajstić information content (AvgIpc) is 2.66. The Kier molecular flexibility index (Phi) is 4.44. The minimum Gasteiger partial charge on any atom is -0.397 e. The van der Waals surface area contributed by atoms with Gasteiger partial charge in [0.15, 0.2) is 0 Å². The molecule has 7 heteroatoms. The molecule has 0 saturated heterocycles. The molecular weight excluding hydrogens is 238 g/mol. The Morgan fingerprint density at radius 3 is 2.41 bits per heavy atom. The molecule has 0 aliphatic rings. The van der Waals surface area contributed by atoms with E-state index in [0.29, 0.717) is 17.4 Å². The van der Waals surface area contributed by atoms with Gasteiger partial charge in [0.05, 0.1) is 17.4 Å². The van der Waals surface area contributed by atoms with E-state index in [9.17, 15) is 4.79 Å². The van der Waals surface area contributed by atoms with E-state index in [4.69, 9.17) is 8.85 Å². The summed E-state index contributed by atoms with van der Waals surface area (Å²) in [7, 11) is 0.917. The maximum Gasteiger partial charge on any atom is 0.354 e. The highest BCUT2D eigenvalue weighted by Crippen LogP contribution is 2.09. The van der Waals surface area contributed by atoms with Crippen LogP contribution in [0, 0.1) is 13.8 Å². The lowest BCUT2D eigenvalue weighted by molar-refractivity contribution is 0.0952. The molecule has 0 unspecified atom stereocenters. The first kappa shape index (κ1) is 13.9. The van der Waals surface area contributed by atoms with Crippen molar-refractivity contribution in [1.29, 1.82) is 0 Å². The Labute approximate surface area is 102 Å². The van der Waals surface area contributed by atoms with Crippen LogP contribution in [-0.2, 0) is 8.85 Å². The van der Waals surface area contributed by atoms with Gasteiger partial charge in [0.2, 0.25) is 0 Å². The third-order valence-electron chi connectivity index (χ3n) is 2.79. The van der Waals surface area contributed by atoms with E-state index in [1.54, 1.807) is 21.1 Å². The Balaban J connectivity index is 2.68. The molecule has 1 aromatic heterocycles. The standard InChI is InChI=1S/C10H19N3O3Si/c1-7-9(8(2)13-12-7)10(14)11-6-17(5,15-3)16-4/h6H2,1-5H3,(H,11,14)(H,12,13). The Hall–Kier alpha value is -1.18. The van der Waals surface area contributed by atoms with E-state index < -0.39 is 8.56 Å². The molecular formula is C10H19N3O3Si. The van der Waals surface area contributed by atoms with E-state index in [-0.39, 0.29) is 5.91 Å². The topological polar surface area (TPSA) is 76.2 Å². The van der Waals surface area contributed by atoms with E-state index in [2.05, 4.69) is 15.5 Å². The first-order valence-electron chi connectivity index (χ1n) is 5.33. The fourth-order valence-electron chi connectivity index (χ4n) is 1.44.